The first-order chi connectivity index (χ1) is 9.94. The summed E-state index contributed by atoms with van der Waals surface area (Å²) in [4.78, 5) is 2.54. The molecule has 0 aliphatic rings. The molecule has 2 N–H and O–H groups in total. The van der Waals surface area contributed by atoms with Crippen molar-refractivity contribution in [3.63, 3.8) is 0 Å². The second-order valence-corrected chi connectivity index (χ2v) is 7.30. The fourth-order valence-electron chi connectivity index (χ4n) is 2.92. The quantitative estimate of drug-likeness (QED) is 0.672. The topological polar surface area (TPSA) is 29.3 Å². The predicted molar refractivity (Wildman–Crippen MR) is 96.9 cm³/mol. The lowest BCUT2D eigenvalue weighted by Gasteiger charge is -2.39. The van der Waals surface area contributed by atoms with Gasteiger partial charge in [0.1, 0.15) is 0 Å². The molecule has 0 aromatic heterocycles. The van der Waals surface area contributed by atoms with E-state index in [1.54, 1.807) is 0 Å². The summed E-state index contributed by atoms with van der Waals surface area (Å²) < 4.78 is 1.00. The Balaban J connectivity index is 3.16. The van der Waals surface area contributed by atoms with Gasteiger partial charge in [0.25, 0.3) is 0 Å². The van der Waals surface area contributed by atoms with Gasteiger partial charge in [0.2, 0.25) is 0 Å². The lowest BCUT2D eigenvalue weighted by molar-refractivity contribution is 0.112. The molecule has 0 fully saturated rings. The molecule has 0 radical (unpaired) electrons. The van der Waals surface area contributed by atoms with Crippen molar-refractivity contribution in [3.05, 3.63) is 33.3 Å². The van der Waals surface area contributed by atoms with Gasteiger partial charge in [-0.2, -0.15) is 0 Å². The standard InChI is InChI=1S/C17H28BrClN2/c1-5-14(6-2)21(11-12(3)4)17(10-20)15-8-7-13(18)9-16(15)19/h7-9,12,14,17H,5-6,10-11,20H2,1-4H3. The summed E-state index contributed by atoms with van der Waals surface area (Å²) >= 11 is 9.93. The van der Waals surface area contributed by atoms with Crippen LogP contribution >= 0.6 is 27.5 Å². The van der Waals surface area contributed by atoms with Crippen molar-refractivity contribution in [1.82, 2.24) is 4.90 Å². The van der Waals surface area contributed by atoms with E-state index in [-0.39, 0.29) is 6.04 Å². The fraction of sp³-hybridized carbons (Fsp3) is 0.647. The molecule has 0 amide bonds. The molecular weight excluding hydrogens is 348 g/mol. The minimum Gasteiger partial charge on any atom is -0.329 e. The molecule has 1 aromatic rings. The van der Waals surface area contributed by atoms with Crippen LogP contribution in [0.3, 0.4) is 0 Å². The Bertz CT molecular complexity index is 433. The molecule has 1 atom stereocenters. The number of nitrogens with zero attached hydrogens (tertiary/aromatic N) is 1. The third kappa shape index (κ3) is 5.24. The Kier molecular flexibility index (Phi) is 8.25. The van der Waals surface area contributed by atoms with Crippen LogP contribution in [0.2, 0.25) is 5.02 Å². The Morgan fingerprint density at radius 3 is 2.29 bits per heavy atom. The van der Waals surface area contributed by atoms with Gasteiger partial charge < -0.3 is 5.73 Å². The van der Waals surface area contributed by atoms with Gasteiger partial charge in [0.05, 0.1) is 0 Å². The average Bonchev–Trinajstić information content (AvgIpc) is 2.42. The summed E-state index contributed by atoms with van der Waals surface area (Å²) in [6.45, 7) is 10.6. The van der Waals surface area contributed by atoms with Crippen LogP contribution < -0.4 is 5.73 Å². The van der Waals surface area contributed by atoms with Gasteiger partial charge in [-0.05, 0) is 36.5 Å². The maximum atomic E-state index is 6.46. The summed E-state index contributed by atoms with van der Waals surface area (Å²) in [6, 6.07) is 6.82. The van der Waals surface area contributed by atoms with Crippen LogP contribution in [-0.4, -0.2) is 24.0 Å². The van der Waals surface area contributed by atoms with E-state index in [4.69, 9.17) is 17.3 Å². The second-order valence-electron chi connectivity index (χ2n) is 5.98. The number of hydrogen-bond acceptors (Lipinski definition) is 2. The highest BCUT2D eigenvalue weighted by Gasteiger charge is 2.26. The first kappa shape index (κ1) is 19.0. The average molecular weight is 376 g/mol. The molecule has 0 bridgehead atoms. The molecule has 0 saturated heterocycles. The van der Waals surface area contributed by atoms with E-state index in [0.29, 0.717) is 18.5 Å². The largest absolute Gasteiger partial charge is 0.329 e. The lowest BCUT2D eigenvalue weighted by atomic mass is 9.99. The number of hydrogen-bond donors (Lipinski definition) is 1. The zero-order valence-electron chi connectivity index (χ0n) is 13.6. The van der Waals surface area contributed by atoms with Gasteiger partial charge >= 0.3 is 0 Å². The van der Waals surface area contributed by atoms with Gasteiger partial charge in [-0.1, -0.05) is 61.3 Å². The first-order valence-electron chi connectivity index (χ1n) is 7.85. The Labute approximate surface area is 143 Å². The molecule has 1 unspecified atom stereocenters. The minimum absolute atomic E-state index is 0.179. The number of rotatable bonds is 8. The minimum atomic E-state index is 0.179. The van der Waals surface area contributed by atoms with Gasteiger partial charge in [0, 0.05) is 34.7 Å². The molecule has 0 spiro atoms. The highest BCUT2D eigenvalue weighted by atomic mass is 79.9. The lowest BCUT2D eigenvalue weighted by Crippen LogP contribution is -2.43. The summed E-state index contributed by atoms with van der Waals surface area (Å²) in [5.74, 6) is 0.605. The van der Waals surface area contributed by atoms with Gasteiger partial charge in [-0.15, -0.1) is 0 Å². The summed E-state index contributed by atoms with van der Waals surface area (Å²) in [6.07, 6.45) is 2.27. The van der Waals surface area contributed by atoms with Crippen molar-refractivity contribution in [3.8, 4) is 0 Å². The second kappa shape index (κ2) is 9.14. The molecule has 4 heteroatoms. The molecule has 1 aromatic carbocycles. The van der Waals surface area contributed by atoms with Crippen molar-refractivity contribution in [2.45, 2.75) is 52.6 Å². The Hall–Kier alpha value is -0.0900. The first-order valence-corrected chi connectivity index (χ1v) is 9.02. The fourth-order valence-corrected chi connectivity index (χ4v) is 3.72. The zero-order chi connectivity index (χ0) is 16.0. The highest BCUT2D eigenvalue weighted by Crippen LogP contribution is 2.32. The SMILES string of the molecule is CCC(CC)N(CC(C)C)C(CN)c1ccc(Br)cc1Cl. The maximum absolute atomic E-state index is 6.46. The molecule has 0 heterocycles. The Morgan fingerprint density at radius 2 is 1.86 bits per heavy atom. The summed E-state index contributed by atoms with van der Waals surface area (Å²) in [7, 11) is 0. The van der Waals surface area contributed by atoms with Crippen LogP contribution in [0, 0.1) is 5.92 Å². The molecule has 0 aliphatic carbocycles. The zero-order valence-corrected chi connectivity index (χ0v) is 15.9. The molecule has 120 valence electrons. The molecule has 1 rings (SSSR count). The van der Waals surface area contributed by atoms with E-state index in [1.807, 2.05) is 12.1 Å². The van der Waals surface area contributed by atoms with Crippen molar-refractivity contribution in [2.75, 3.05) is 13.1 Å². The number of benzene rings is 1. The molecule has 0 saturated carbocycles. The highest BCUT2D eigenvalue weighted by molar-refractivity contribution is 9.10. The maximum Gasteiger partial charge on any atom is 0.0488 e. The van der Waals surface area contributed by atoms with Crippen LogP contribution in [0.1, 0.15) is 52.1 Å². The van der Waals surface area contributed by atoms with E-state index in [9.17, 15) is 0 Å². The molecule has 2 nitrogen and oxygen atoms in total. The molecular formula is C17H28BrClN2. The number of nitrogens with two attached hydrogens (primary N) is 1. The van der Waals surface area contributed by atoms with Crippen molar-refractivity contribution < 1.29 is 0 Å². The predicted octanol–water partition coefficient (Wildman–Crippen LogP) is 5.25. The van der Waals surface area contributed by atoms with Crippen LogP contribution in [-0.2, 0) is 0 Å². The summed E-state index contributed by atoms with van der Waals surface area (Å²) in [5.41, 5.74) is 7.26. The third-order valence-electron chi connectivity index (χ3n) is 3.93. The van der Waals surface area contributed by atoms with E-state index >= 15 is 0 Å². The van der Waals surface area contributed by atoms with E-state index in [0.717, 1.165) is 34.4 Å². The van der Waals surface area contributed by atoms with Gasteiger partial charge in [0.15, 0.2) is 0 Å². The van der Waals surface area contributed by atoms with Crippen LogP contribution in [0.15, 0.2) is 22.7 Å². The molecule has 21 heavy (non-hydrogen) atoms. The summed E-state index contributed by atoms with van der Waals surface area (Å²) in [5, 5.41) is 0.791. The monoisotopic (exact) mass is 374 g/mol. The van der Waals surface area contributed by atoms with Crippen molar-refractivity contribution >= 4 is 27.5 Å². The van der Waals surface area contributed by atoms with E-state index < -0.39 is 0 Å². The van der Waals surface area contributed by atoms with Gasteiger partial charge in [-0.25, -0.2) is 0 Å². The normalized spacial score (nSPS) is 13.4. The number of halogens is 2. The Morgan fingerprint density at radius 1 is 1.24 bits per heavy atom. The van der Waals surface area contributed by atoms with Crippen molar-refractivity contribution in [2.24, 2.45) is 11.7 Å². The van der Waals surface area contributed by atoms with Crippen LogP contribution in [0.5, 0.6) is 0 Å². The van der Waals surface area contributed by atoms with E-state index in [2.05, 4.69) is 54.6 Å². The third-order valence-corrected chi connectivity index (χ3v) is 4.75. The van der Waals surface area contributed by atoms with Crippen LogP contribution in [0.4, 0.5) is 0 Å². The molecule has 0 aliphatic heterocycles. The smallest absolute Gasteiger partial charge is 0.0488 e. The van der Waals surface area contributed by atoms with E-state index in [1.165, 1.54) is 0 Å². The van der Waals surface area contributed by atoms with Crippen molar-refractivity contribution in [1.29, 1.82) is 0 Å². The van der Waals surface area contributed by atoms with Gasteiger partial charge in [-0.3, -0.25) is 4.90 Å². The van der Waals surface area contributed by atoms with Crippen LogP contribution in [0.25, 0.3) is 0 Å².